The summed E-state index contributed by atoms with van der Waals surface area (Å²) in [7, 11) is 0. The molecule has 0 aliphatic heterocycles. The number of fused-ring (bicyclic) bond motifs is 2. The van der Waals surface area contributed by atoms with Crippen molar-refractivity contribution < 1.29 is 0 Å². The summed E-state index contributed by atoms with van der Waals surface area (Å²) in [6, 6.07) is 16.0. The minimum Gasteiger partial charge on any atom is -0.388 e. The van der Waals surface area contributed by atoms with Gasteiger partial charge in [0, 0.05) is 23.3 Å². The van der Waals surface area contributed by atoms with Crippen molar-refractivity contribution in [3.63, 3.8) is 0 Å². The SMILES string of the molecule is C=C(/C=C(\NCCC)C1CC1)Nc1nc(Sc2nc3ccccc3[nH]2)nc2ccccc12. The highest BCUT2D eigenvalue weighted by Crippen LogP contribution is 2.36. The molecule has 0 amide bonds. The monoisotopic (exact) mass is 442 g/mol. The maximum absolute atomic E-state index is 4.81. The normalized spacial score (nSPS) is 14.1. The zero-order chi connectivity index (χ0) is 21.9. The van der Waals surface area contributed by atoms with Crippen LogP contribution < -0.4 is 10.6 Å². The molecule has 7 heteroatoms. The van der Waals surface area contributed by atoms with Gasteiger partial charge in [-0.1, -0.05) is 37.8 Å². The average Bonchev–Trinajstić information content (AvgIpc) is 3.56. The van der Waals surface area contributed by atoms with Gasteiger partial charge in [0.2, 0.25) is 0 Å². The van der Waals surface area contributed by atoms with E-state index in [1.807, 2.05) is 48.5 Å². The van der Waals surface area contributed by atoms with Crippen molar-refractivity contribution in [3.8, 4) is 0 Å². The van der Waals surface area contributed by atoms with E-state index >= 15 is 0 Å². The topological polar surface area (TPSA) is 78.5 Å². The predicted octanol–water partition coefficient (Wildman–Crippen LogP) is 5.88. The molecular weight excluding hydrogens is 416 g/mol. The molecule has 0 spiro atoms. The van der Waals surface area contributed by atoms with Crippen LogP contribution in [0.1, 0.15) is 26.2 Å². The van der Waals surface area contributed by atoms with Gasteiger partial charge in [-0.25, -0.2) is 15.0 Å². The van der Waals surface area contributed by atoms with Crippen molar-refractivity contribution in [2.45, 2.75) is 36.5 Å². The lowest BCUT2D eigenvalue weighted by Gasteiger charge is -2.13. The van der Waals surface area contributed by atoms with E-state index in [4.69, 9.17) is 9.97 Å². The molecule has 4 aromatic rings. The molecule has 5 rings (SSSR count). The smallest absolute Gasteiger partial charge is 0.197 e. The van der Waals surface area contributed by atoms with E-state index in [1.54, 1.807) is 0 Å². The molecule has 0 saturated heterocycles. The van der Waals surface area contributed by atoms with Crippen LogP contribution in [-0.4, -0.2) is 26.5 Å². The van der Waals surface area contributed by atoms with Gasteiger partial charge in [-0.15, -0.1) is 0 Å². The van der Waals surface area contributed by atoms with Gasteiger partial charge in [-0.3, -0.25) is 0 Å². The van der Waals surface area contributed by atoms with Crippen molar-refractivity contribution in [2.24, 2.45) is 5.92 Å². The molecule has 1 aliphatic rings. The standard InChI is InChI=1S/C25H26N6S/c1-3-14-26-22(17-12-13-17)15-16(2)27-23-18-8-4-5-9-19(18)28-25(31-23)32-24-29-20-10-6-7-11-21(20)30-24/h4-11,15,17,26H,2-3,12-14H2,1H3,(H,29,30)(H,27,28,31)/b22-15-. The van der Waals surface area contributed by atoms with Gasteiger partial charge in [0.05, 0.1) is 16.6 Å². The molecule has 0 radical (unpaired) electrons. The molecule has 3 N–H and O–H groups in total. The molecule has 0 atom stereocenters. The first-order chi connectivity index (χ1) is 15.7. The number of H-pyrrole nitrogens is 1. The quantitative estimate of drug-likeness (QED) is 0.222. The van der Waals surface area contributed by atoms with Crippen LogP contribution in [0.2, 0.25) is 0 Å². The molecule has 2 aromatic carbocycles. The van der Waals surface area contributed by atoms with Crippen molar-refractivity contribution in [1.29, 1.82) is 0 Å². The summed E-state index contributed by atoms with van der Waals surface area (Å²) in [5.41, 5.74) is 4.89. The summed E-state index contributed by atoms with van der Waals surface area (Å²) in [6.45, 7) is 7.40. The second-order valence-corrected chi connectivity index (χ2v) is 8.94. The first kappa shape index (κ1) is 20.6. The van der Waals surface area contributed by atoms with Gasteiger partial charge in [0.15, 0.2) is 10.3 Å². The van der Waals surface area contributed by atoms with E-state index in [0.29, 0.717) is 11.1 Å². The van der Waals surface area contributed by atoms with Gasteiger partial charge >= 0.3 is 0 Å². The van der Waals surface area contributed by atoms with Crippen LogP contribution in [0, 0.1) is 5.92 Å². The van der Waals surface area contributed by atoms with E-state index < -0.39 is 0 Å². The Hall–Kier alpha value is -3.32. The number of aromatic amines is 1. The molecule has 2 heterocycles. The third-order valence-electron chi connectivity index (χ3n) is 5.34. The molecule has 2 aromatic heterocycles. The number of hydrogen-bond donors (Lipinski definition) is 3. The average molecular weight is 443 g/mol. The van der Waals surface area contributed by atoms with Gasteiger partial charge in [0.25, 0.3) is 0 Å². The van der Waals surface area contributed by atoms with Crippen molar-refractivity contribution >= 4 is 39.5 Å². The summed E-state index contributed by atoms with van der Waals surface area (Å²) in [6.07, 6.45) is 5.70. The molecule has 1 saturated carbocycles. The second kappa shape index (κ2) is 9.04. The Morgan fingerprint density at radius 1 is 1.09 bits per heavy atom. The number of nitrogens with one attached hydrogen (secondary N) is 3. The van der Waals surface area contributed by atoms with Crippen LogP contribution in [0.3, 0.4) is 0 Å². The highest BCUT2D eigenvalue weighted by atomic mass is 32.2. The lowest BCUT2D eigenvalue weighted by Crippen LogP contribution is -2.16. The predicted molar refractivity (Wildman–Crippen MR) is 132 cm³/mol. The summed E-state index contributed by atoms with van der Waals surface area (Å²) in [4.78, 5) is 17.5. The van der Waals surface area contributed by atoms with Gasteiger partial charge in [-0.2, -0.15) is 0 Å². The second-order valence-electron chi connectivity index (χ2n) is 7.98. The van der Waals surface area contributed by atoms with Gasteiger partial charge in [-0.05, 0) is 67.3 Å². The van der Waals surface area contributed by atoms with Crippen molar-refractivity contribution in [3.05, 3.63) is 72.6 Å². The molecular formula is C25H26N6S. The van der Waals surface area contributed by atoms with Crippen LogP contribution in [0.4, 0.5) is 5.82 Å². The molecule has 1 aliphatic carbocycles. The fraction of sp³-hybridized carbons (Fsp3) is 0.240. The largest absolute Gasteiger partial charge is 0.388 e. The fourth-order valence-corrected chi connectivity index (χ4v) is 4.37. The third kappa shape index (κ3) is 4.62. The van der Waals surface area contributed by atoms with Gasteiger partial charge < -0.3 is 15.6 Å². The highest BCUT2D eigenvalue weighted by Gasteiger charge is 2.25. The third-order valence-corrected chi connectivity index (χ3v) is 6.10. The minimum atomic E-state index is 0.626. The zero-order valence-electron chi connectivity index (χ0n) is 18.1. The number of aromatic nitrogens is 4. The van der Waals surface area contributed by atoms with Crippen LogP contribution in [0.15, 0.2) is 82.9 Å². The number of rotatable bonds is 9. The number of para-hydroxylation sites is 3. The highest BCUT2D eigenvalue weighted by molar-refractivity contribution is 7.99. The molecule has 0 bridgehead atoms. The molecule has 0 unspecified atom stereocenters. The van der Waals surface area contributed by atoms with Crippen LogP contribution >= 0.6 is 11.8 Å². The number of anilines is 1. The molecule has 162 valence electrons. The number of hydrogen-bond acceptors (Lipinski definition) is 6. The van der Waals surface area contributed by atoms with Crippen molar-refractivity contribution in [2.75, 3.05) is 11.9 Å². The number of imidazole rings is 1. The Morgan fingerprint density at radius 3 is 2.66 bits per heavy atom. The zero-order valence-corrected chi connectivity index (χ0v) is 18.9. The van der Waals surface area contributed by atoms with E-state index in [9.17, 15) is 0 Å². The Balaban J connectivity index is 1.43. The fourth-order valence-electron chi connectivity index (χ4n) is 3.61. The lowest BCUT2D eigenvalue weighted by molar-refractivity contribution is 0.719. The maximum atomic E-state index is 4.81. The summed E-state index contributed by atoms with van der Waals surface area (Å²) >= 11 is 1.42. The maximum Gasteiger partial charge on any atom is 0.197 e. The first-order valence-corrected chi connectivity index (χ1v) is 11.8. The Labute approximate surface area is 191 Å². The lowest BCUT2D eigenvalue weighted by atomic mass is 10.2. The van der Waals surface area contributed by atoms with E-state index in [2.05, 4.69) is 40.2 Å². The number of allylic oxidation sites excluding steroid dienone is 2. The summed E-state index contributed by atoms with van der Waals surface area (Å²) < 4.78 is 0. The molecule has 1 fully saturated rings. The van der Waals surface area contributed by atoms with Crippen LogP contribution in [0.25, 0.3) is 21.9 Å². The van der Waals surface area contributed by atoms with E-state index in [1.165, 1.54) is 30.3 Å². The summed E-state index contributed by atoms with van der Waals surface area (Å²) in [5.74, 6) is 1.38. The number of nitrogens with zero attached hydrogens (tertiary/aromatic N) is 3. The minimum absolute atomic E-state index is 0.626. The molecule has 32 heavy (non-hydrogen) atoms. The Morgan fingerprint density at radius 2 is 1.88 bits per heavy atom. The van der Waals surface area contributed by atoms with Crippen LogP contribution in [-0.2, 0) is 0 Å². The van der Waals surface area contributed by atoms with E-state index in [-0.39, 0.29) is 0 Å². The van der Waals surface area contributed by atoms with Gasteiger partial charge in [0.1, 0.15) is 5.82 Å². The van der Waals surface area contributed by atoms with E-state index in [0.717, 1.165) is 51.6 Å². The molecule has 6 nitrogen and oxygen atoms in total. The number of benzene rings is 2. The summed E-state index contributed by atoms with van der Waals surface area (Å²) in [5, 5.41) is 9.34. The Bertz CT molecular complexity index is 1270. The van der Waals surface area contributed by atoms with Crippen LogP contribution in [0.5, 0.6) is 0 Å². The first-order valence-electron chi connectivity index (χ1n) is 11.0. The Kier molecular flexibility index (Phi) is 5.81. The van der Waals surface area contributed by atoms with Crippen molar-refractivity contribution in [1.82, 2.24) is 25.3 Å².